The number of aromatic nitrogens is 1. The van der Waals surface area contributed by atoms with Crippen molar-refractivity contribution in [3.8, 4) is 0 Å². The zero-order valence-electron chi connectivity index (χ0n) is 11.0. The smallest absolute Gasteiger partial charge is 0.0930 e. The van der Waals surface area contributed by atoms with Crippen molar-refractivity contribution in [1.82, 2.24) is 10.3 Å². The number of nitrogens with zero attached hydrogens (tertiary/aromatic N) is 1. The molecule has 0 saturated heterocycles. The molecule has 1 aromatic rings. The van der Waals surface area contributed by atoms with Crippen LogP contribution in [-0.2, 0) is 6.42 Å². The van der Waals surface area contributed by atoms with Crippen molar-refractivity contribution < 1.29 is 0 Å². The molecule has 0 aliphatic carbocycles. The van der Waals surface area contributed by atoms with Gasteiger partial charge in [0.05, 0.1) is 10.7 Å². The second kappa shape index (κ2) is 7.02. The fraction of sp³-hybridized carbons (Fsp3) is 0.769. The van der Waals surface area contributed by atoms with E-state index < -0.39 is 0 Å². The molecule has 1 unspecified atom stereocenters. The van der Waals surface area contributed by atoms with Gasteiger partial charge in [0.2, 0.25) is 0 Å². The van der Waals surface area contributed by atoms with Gasteiger partial charge < -0.3 is 5.32 Å². The minimum atomic E-state index is 0.746. The summed E-state index contributed by atoms with van der Waals surface area (Å²) >= 11 is 1.85. The molecule has 16 heavy (non-hydrogen) atoms. The summed E-state index contributed by atoms with van der Waals surface area (Å²) in [6, 6.07) is 0. The zero-order valence-corrected chi connectivity index (χ0v) is 11.8. The van der Waals surface area contributed by atoms with E-state index in [1.54, 1.807) is 0 Å². The molecule has 0 radical (unpaired) electrons. The van der Waals surface area contributed by atoms with Gasteiger partial charge in [-0.25, -0.2) is 4.98 Å². The number of hydrogen-bond acceptors (Lipinski definition) is 3. The van der Waals surface area contributed by atoms with Gasteiger partial charge in [-0.1, -0.05) is 13.8 Å². The Hall–Kier alpha value is -0.410. The monoisotopic (exact) mass is 240 g/mol. The van der Waals surface area contributed by atoms with E-state index in [1.165, 1.54) is 28.4 Å². The standard InChI is InChI=1S/C13H24N2S/c1-5-8-14-9-10(2)6-7-13-15-11(3)12(4)16-13/h10,14H,5-9H2,1-4H3. The van der Waals surface area contributed by atoms with E-state index in [2.05, 4.69) is 38.0 Å². The predicted octanol–water partition coefficient (Wildman–Crippen LogP) is 3.33. The Morgan fingerprint density at radius 1 is 1.38 bits per heavy atom. The zero-order chi connectivity index (χ0) is 12.0. The van der Waals surface area contributed by atoms with Crippen LogP contribution in [-0.4, -0.2) is 18.1 Å². The predicted molar refractivity (Wildman–Crippen MR) is 72.2 cm³/mol. The lowest BCUT2D eigenvalue weighted by Crippen LogP contribution is -2.22. The highest BCUT2D eigenvalue weighted by Gasteiger charge is 2.06. The fourth-order valence-electron chi connectivity index (χ4n) is 1.64. The highest BCUT2D eigenvalue weighted by molar-refractivity contribution is 7.11. The lowest BCUT2D eigenvalue weighted by molar-refractivity contribution is 0.481. The van der Waals surface area contributed by atoms with Gasteiger partial charge in [-0.2, -0.15) is 0 Å². The molecule has 1 aromatic heterocycles. The van der Waals surface area contributed by atoms with Crippen LogP contribution in [0.2, 0.25) is 0 Å². The number of nitrogens with one attached hydrogen (secondary N) is 1. The van der Waals surface area contributed by atoms with Crippen LogP contribution in [0, 0.1) is 19.8 Å². The Bertz CT molecular complexity index is 287. The Labute approximate surface area is 103 Å². The topological polar surface area (TPSA) is 24.9 Å². The molecule has 0 fully saturated rings. The molecule has 0 amide bonds. The maximum atomic E-state index is 4.58. The summed E-state index contributed by atoms with van der Waals surface area (Å²) < 4.78 is 0. The van der Waals surface area contributed by atoms with E-state index in [4.69, 9.17) is 0 Å². The third-order valence-corrected chi connectivity index (χ3v) is 3.98. The summed E-state index contributed by atoms with van der Waals surface area (Å²) in [5.41, 5.74) is 1.21. The van der Waals surface area contributed by atoms with Crippen LogP contribution in [0.25, 0.3) is 0 Å². The van der Waals surface area contributed by atoms with E-state index in [1.807, 2.05) is 11.3 Å². The number of hydrogen-bond donors (Lipinski definition) is 1. The molecule has 1 atom stereocenters. The normalized spacial score (nSPS) is 13.0. The van der Waals surface area contributed by atoms with E-state index in [0.29, 0.717) is 0 Å². The van der Waals surface area contributed by atoms with E-state index in [0.717, 1.165) is 25.4 Å². The molecular formula is C13H24N2S. The SMILES string of the molecule is CCCNCC(C)CCc1nc(C)c(C)s1. The second-order valence-corrected chi connectivity index (χ2v) is 5.88. The summed E-state index contributed by atoms with van der Waals surface area (Å²) in [7, 11) is 0. The van der Waals surface area contributed by atoms with Crippen molar-refractivity contribution in [2.24, 2.45) is 5.92 Å². The first-order valence-corrected chi connectivity index (χ1v) is 7.08. The molecule has 3 heteroatoms. The van der Waals surface area contributed by atoms with Crippen molar-refractivity contribution in [1.29, 1.82) is 0 Å². The highest BCUT2D eigenvalue weighted by Crippen LogP contribution is 2.19. The van der Waals surface area contributed by atoms with E-state index in [9.17, 15) is 0 Å². The minimum absolute atomic E-state index is 0.746. The largest absolute Gasteiger partial charge is 0.316 e. The number of thiazole rings is 1. The van der Waals surface area contributed by atoms with Crippen molar-refractivity contribution in [3.05, 3.63) is 15.6 Å². The average Bonchev–Trinajstić information content (AvgIpc) is 2.56. The molecule has 2 nitrogen and oxygen atoms in total. The molecule has 0 aromatic carbocycles. The van der Waals surface area contributed by atoms with Crippen LogP contribution in [0.3, 0.4) is 0 Å². The van der Waals surface area contributed by atoms with Gasteiger partial charge in [-0.05, 0) is 52.1 Å². The Kier molecular flexibility index (Phi) is 5.99. The Morgan fingerprint density at radius 3 is 2.69 bits per heavy atom. The quantitative estimate of drug-likeness (QED) is 0.740. The van der Waals surface area contributed by atoms with E-state index >= 15 is 0 Å². The Morgan fingerprint density at radius 2 is 2.12 bits per heavy atom. The third kappa shape index (κ3) is 4.62. The number of aryl methyl sites for hydroxylation is 3. The second-order valence-electron chi connectivity index (χ2n) is 4.60. The molecule has 1 rings (SSSR count). The highest BCUT2D eigenvalue weighted by atomic mass is 32.1. The first-order chi connectivity index (χ1) is 7.63. The van der Waals surface area contributed by atoms with Crippen LogP contribution in [0.1, 0.15) is 42.3 Å². The molecule has 92 valence electrons. The molecular weight excluding hydrogens is 216 g/mol. The van der Waals surface area contributed by atoms with Gasteiger partial charge in [-0.15, -0.1) is 11.3 Å². The number of rotatable bonds is 7. The van der Waals surface area contributed by atoms with Crippen molar-refractivity contribution >= 4 is 11.3 Å². The lowest BCUT2D eigenvalue weighted by Gasteiger charge is -2.10. The molecule has 0 aliphatic heterocycles. The van der Waals surface area contributed by atoms with Crippen molar-refractivity contribution in [2.75, 3.05) is 13.1 Å². The lowest BCUT2D eigenvalue weighted by atomic mass is 10.1. The average molecular weight is 240 g/mol. The summed E-state index contributed by atoms with van der Waals surface area (Å²) in [6.45, 7) is 11.1. The Balaban J connectivity index is 2.23. The minimum Gasteiger partial charge on any atom is -0.316 e. The first kappa shape index (κ1) is 13.7. The maximum absolute atomic E-state index is 4.58. The molecule has 0 aliphatic rings. The van der Waals surface area contributed by atoms with Crippen molar-refractivity contribution in [3.63, 3.8) is 0 Å². The fourth-order valence-corrected chi connectivity index (χ4v) is 2.59. The van der Waals surface area contributed by atoms with Gasteiger partial charge in [-0.3, -0.25) is 0 Å². The van der Waals surface area contributed by atoms with Crippen LogP contribution < -0.4 is 5.32 Å². The van der Waals surface area contributed by atoms with Crippen LogP contribution in [0.5, 0.6) is 0 Å². The van der Waals surface area contributed by atoms with E-state index in [-0.39, 0.29) is 0 Å². The van der Waals surface area contributed by atoms with Gasteiger partial charge in [0.15, 0.2) is 0 Å². The molecule has 1 N–H and O–H groups in total. The van der Waals surface area contributed by atoms with Crippen LogP contribution in [0.15, 0.2) is 0 Å². The summed E-state index contributed by atoms with van der Waals surface area (Å²) in [5.74, 6) is 0.746. The molecule has 0 saturated carbocycles. The van der Waals surface area contributed by atoms with Gasteiger partial charge >= 0.3 is 0 Å². The summed E-state index contributed by atoms with van der Waals surface area (Å²) in [4.78, 5) is 5.94. The van der Waals surface area contributed by atoms with Crippen LogP contribution >= 0.6 is 11.3 Å². The van der Waals surface area contributed by atoms with Gasteiger partial charge in [0.1, 0.15) is 0 Å². The third-order valence-electron chi connectivity index (χ3n) is 2.84. The summed E-state index contributed by atoms with van der Waals surface area (Å²) in [5, 5.41) is 4.77. The van der Waals surface area contributed by atoms with Gasteiger partial charge in [0, 0.05) is 4.88 Å². The van der Waals surface area contributed by atoms with Gasteiger partial charge in [0.25, 0.3) is 0 Å². The van der Waals surface area contributed by atoms with Crippen molar-refractivity contribution in [2.45, 2.75) is 47.0 Å². The molecule has 0 spiro atoms. The maximum Gasteiger partial charge on any atom is 0.0930 e. The first-order valence-electron chi connectivity index (χ1n) is 6.27. The summed E-state index contributed by atoms with van der Waals surface area (Å²) in [6.07, 6.45) is 3.59. The van der Waals surface area contributed by atoms with Crippen LogP contribution in [0.4, 0.5) is 0 Å². The molecule has 1 heterocycles. The molecule has 0 bridgehead atoms.